The van der Waals surface area contributed by atoms with Gasteiger partial charge in [-0.3, -0.25) is 4.79 Å². The Kier molecular flexibility index (Phi) is 7.81. The number of hydrogen-bond donors (Lipinski definition) is 2. The van der Waals surface area contributed by atoms with Crippen LogP contribution in [-0.4, -0.2) is 57.1 Å². The molecule has 6 nitrogen and oxygen atoms in total. The van der Waals surface area contributed by atoms with Crippen molar-refractivity contribution < 1.29 is 9.53 Å². The molecule has 1 amide bonds. The summed E-state index contributed by atoms with van der Waals surface area (Å²) in [6, 6.07) is 7.93. The average molecular weight is 306 g/mol. The number of benzene rings is 1. The second kappa shape index (κ2) is 9.65. The van der Waals surface area contributed by atoms with E-state index in [1.165, 1.54) is 10.5 Å². The minimum absolute atomic E-state index is 0.0342. The summed E-state index contributed by atoms with van der Waals surface area (Å²) >= 11 is 0. The number of hydrogen-bond acceptors (Lipinski definition) is 3. The van der Waals surface area contributed by atoms with Crippen LogP contribution >= 0.6 is 0 Å². The quantitative estimate of drug-likeness (QED) is 0.448. The summed E-state index contributed by atoms with van der Waals surface area (Å²) in [5.41, 5.74) is 1.21. The number of rotatable bonds is 7. The minimum atomic E-state index is -0.0342. The molecule has 0 aliphatic rings. The Hall–Kier alpha value is -2.24. The van der Waals surface area contributed by atoms with Gasteiger partial charge in [0.25, 0.3) is 0 Å². The van der Waals surface area contributed by atoms with Gasteiger partial charge in [0.15, 0.2) is 5.96 Å². The summed E-state index contributed by atoms with van der Waals surface area (Å²) in [5, 5.41) is 6.24. The Balaban J connectivity index is 2.36. The van der Waals surface area contributed by atoms with E-state index in [1.54, 1.807) is 14.1 Å². The summed E-state index contributed by atoms with van der Waals surface area (Å²) in [5.74, 6) is 1.43. The van der Waals surface area contributed by atoms with Crippen LogP contribution in [0, 0.1) is 6.92 Å². The van der Waals surface area contributed by atoms with Crippen molar-refractivity contribution >= 4 is 11.9 Å². The molecule has 0 fully saturated rings. The molecule has 0 heterocycles. The molecule has 2 N–H and O–H groups in total. The third-order valence-electron chi connectivity index (χ3n) is 2.90. The molecule has 0 saturated heterocycles. The molecule has 1 aromatic carbocycles. The molecule has 1 aromatic rings. The van der Waals surface area contributed by atoms with Crippen LogP contribution in [0.3, 0.4) is 0 Å². The second-order valence-electron chi connectivity index (χ2n) is 5.07. The third kappa shape index (κ3) is 6.97. The molecular weight excluding hydrogens is 280 g/mol. The SMILES string of the molecule is CCNC(=NCC(=O)N(C)C)NCCOc1ccc(C)cc1. The largest absolute Gasteiger partial charge is 0.492 e. The number of ether oxygens (including phenoxy) is 1. The van der Waals surface area contributed by atoms with E-state index in [4.69, 9.17) is 4.74 Å². The van der Waals surface area contributed by atoms with E-state index < -0.39 is 0 Å². The molecule has 0 aromatic heterocycles. The molecule has 0 atom stereocenters. The Morgan fingerprint density at radius 1 is 1.23 bits per heavy atom. The van der Waals surface area contributed by atoms with Gasteiger partial charge in [-0.1, -0.05) is 17.7 Å². The second-order valence-corrected chi connectivity index (χ2v) is 5.07. The molecular formula is C16H26N4O2. The van der Waals surface area contributed by atoms with E-state index >= 15 is 0 Å². The first-order valence-electron chi connectivity index (χ1n) is 7.44. The summed E-state index contributed by atoms with van der Waals surface area (Å²) < 4.78 is 5.63. The lowest BCUT2D eigenvalue weighted by Crippen LogP contribution is -2.40. The average Bonchev–Trinajstić information content (AvgIpc) is 2.50. The first kappa shape index (κ1) is 17.8. The fraction of sp³-hybridized carbons (Fsp3) is 0.500. The molecule has 0 bridgehead atoms. The normalized spacial score (nSPS) is 11.0. The Morgan fingerprint density at radius 2 is 1.91 bits per heavy atom. The molecule has 1 rings (SSSR count). The number of aryl methyl sites for hydroxylation is 1. The first-order valence-corrected chi connectivity index (χ1v) is 7.44. The van der Waals surface area contributed by atoms with E-state index in [0.29, 0.717) is 19.1 Å². The van der Waals surface area contributed by atoms with Crippen LogP contribution in [0.2, 0.25) is 0 Å². The number of likely N-dealkylation sites (N-methyl/N-ethyl adjacent to an activating group) is 1. The number of nitrogens with one attached hydrogen (secondary N) is 2. The predicted octanol–water partition coefficient (Wildman–Crippen LogP) is 1.02. The Bertz CT molecular complexity index is 483. The number of carbonyl (C=O) groups is 1. The van der Waals surface area contributed by atoms with Gasteiger partial charge in [-0.25, -0.2) is 4.99 Å². The van der Waals surface area contributed by atoms with Gasteiger partial charge in [0, 0.05) is 20.6 Å². The van der Waals surface area contributed by atoms with Crippen molar-refractivity contribution in [3.63, 3.8) is 0 Å². The minimum Gasteiger partial charge on any atom is -0.492 e. The van der Waals surface area contributed by atoms with Gasteiger partial charge < -0.3 is 20.3 Å². The summed E-state index contributed by atoms with van der Waals surface area (Å²) in [6.07, 6.45) is 0. The maximum Gasteiger partial charge on any atom is 0.243 e. The zero-order valence-electron chi connectivity index (χ0n) is 13.8. The highest BCUT2D eigenvalue weighted by molar-refractivity contribution is 5.84. The number of aliphatic imine (C=N–C) groups is 1. The van der Waals surface area contributed by atoms with Gasteiger partial charge in [0.1, 0.15) is 18.9 Å². The van der Waals surface area contributed by atoms with Gasteiger partial charge in [0.05, 0.1) is 6.54 Å². The standard InChI is InChI=1S/C16H26N4O2/c1-5-17-16(19-12-15(21)20(3)4)18-10-11-22-14-8-6-13(2)7-9-14/h6-9H,5,10-12H2,1-4H3,(H2,17,18,19). The zero-order valence-corrected chi connectivity index (χ0v) is 13.8. The van der Waals surface area contributed by atoms with Crippen LogP contribution in [-0.2, 0) is 4.79 Å². The third-order valence-corrected chi connectivity index (χ3v) is 2.90. The van der Waals surface area contributed by atoms with Crippen molar-refractivity contribution in [3.05, 3.63) is 29.8 Å². The van der Waals surface area contributed by atoms with Gasteiger partial charge in [-0.05, 0) is 26.0 Å². The lowest BCUT2D eigenvalue weighted by Gasteiger charge is -2.13. The smallest absolute Gasteiger partial charge is 0.243 e. The predicted molar refractivity (Wildman–Crippen MR) is 89.3 cm³/mol. The van der Waals surface area contributed by atoms with Crippen LogP contribution in [0.15, 0.2) is 29.3 Å². The van der Waals surface area contributed by atoms with Crippen LogP contribution < -0.4 is 15.4 Å². The first-order chi connectivity index (χ1) is 10.5. The fourth-order valence-corrected chi connectivity index (χ4v) is 1.60. The number of amides is 1. The Labute approximate surface area is 132 Å². The van der Waals surface area contributed by atoms with Crippen LogP contribution in [0.1, 0.15) is 12.5 Å². The zero-order chi connectivity index (χ0) is 16.4. The highest BCUT2D eigenvalue weighted by Crippen LogP contribution is 2.10. The highest BCUT2D eigenvalue weighted by Gasteiger charge is 2.03. The molecule has 0 spiro atoms. The molecule has 6 heteroatoms. The number of carbonyl (C=O) groups excluding carboxylic acids is 1. The topological polar surface area (TPSA) is 66.0 Å². The molecule has 122 valence electrons. The van der Waals surface area contributed by atoms with Gasteiger partial charge >= 0.3 is 0 Å². The van der Waals surface area contributed by atoms with E-state index in [-0.39, 0.29) is 12.5 Å². The lowest BCUT2D eigenvalue weighted by atomic mass is 10.2. The van der Waals surface area contributed by atoms with Crippen LogP contribution in [0.5, 0.6) is 5.75 Å². The van der Waals surface area contributed by atoms with Crippen molar-refractivity contribution in [2.45, 2.75) is 13.8 Å². The van der Waals surface area contributed by atoms with Crippen molar-refractivity contribution in [1.29, 1.82) is 0 Å². The summed E-state index contributed by atoms with van der Waals surface area (Å²) in [6.45, 7) is 6.01. The van der Waals surface area contributed by atoms with Gasteiger partial charge in [-0.15, -0.1) is 0 Å². The molecule has 22 heavy (non-hydrogen) atoms. The maximum absolute atomic E-state index is 11.5. The Morgan fingerprint density at radius 3 is 2.50 bits per heavy atom. The van der Waals surface area contributed by atoms with E-state index in [1.807, 2.05) is 38.1 Å². The van der Waals surface area contributed by atoms with Gasteiger partial charge in [-0.2, -0.15) is 0 Å². The van der Waals surface area contributed by atoms with Gasteiger partial charge in [0.2, 0.25) is 5.91 Å². The van der Waals surface area contributed by atoms with E-state index in [2.05, 4.69) is 15.6 Å². The summed E-state index contributed by atoms with van der Waals surface area (Å²) in [4.78, 5) is 17.3. The molecule has 0 radical (unpaired) electrons. The van der Waals surface area contributed by atoms with Crippen molar-refractivity contribution in [2.75, 3.05) is 40.3 Å². The van der Waals surface area contributed by atoms with E-state index in [0.717, 1.165) is 12.3 Å². The maximum atomic E-state index is 11.5. The molecule has 0 aliphatic carbocycles. The van der Waals surface area contributed by atoms with Crippen molar-refractivity contribution in [1.82, 2.24) is 15.5 Å². The molecule has 0 saturated carbocycles. The summed E-state index contributed by atoms with van der Waals surface area (Å²) in [7, 11) is 3.43. The monoisotopic (exact) mass is 306 g/mol. The van der Waals surface area contributed by atoms with Crippen molar-refractivity contribution in [3.8, 4) is 5.75 Å². The van der Waals surface area contributed by atoms with E-state index in [9.17, 15) is 4.79 Å². The van der Waals surface area contributed by atoms with Crippen LogP contribution in [0.4, 0.5) is 0 Å². The highest BCUT2D eigenvalue weighted by atomic mass is 16.5. The van der Waals surface area contributed by atoms with Crippen LogP contribution in [0.25, 0.3) is 0 Å². The number of nitrogens with zero attached hydrogens (tertiary/aromatic N) is 2. The molecule has 0 unspecified atom stereocenters. The fourth-order valence-electron chi connectivity index (χ4n) is 1.60. The van der Waals surface area contributed by atoms with Crippen molar-refractivity contribution in [2.24, 2.45) is 4.99 Å². The number of guanidine groups is 1. The molecule has 0 aliphatic heterocycles. The lowest BCUT2D eigenvalue weighted by molar-refractivity contribution is -0.127.